The van der Waals surface area contributed by atoms with Gasteiger partial charge in [-0.15, -0.1) is 0 Å². The molecule has 0 unspecified atom stereocenters. The minimum absolute atomic E-state index is 0.162. The first-order valence-corrected chi connectivity index (χ1v) is 10.3. The fourth-order valence-corrected chi connectivity index (χ4v) is 3.34. The van der Waals surface area contributed by atoms with Gasteiger partial charge in [-0.1, -0.05) is 60.7 Å². The molecule has 3 rings (SSSR count). The van der Waals surface area contributed by atoms with Crippen molar-refractivity contribution in [3.63, 3.8) is 0 Å². The Kier molecular flexibility index (Phi) is 7.08. The van der Waals surface area contributed by atoms with E-state index in [0.717, 1.165) is 35.1 Å². The van der Waals surface area contributed by atoms with Crippen LogP contribution in [-0.4, -0.2) is 34.0 Å². The molecule has 3 heteroatoms. The van der Waals surface area contributed by atoms with Gasteiger partial charge in [-0.2, -0.15) is 0 Å². The molecular formula is C27H30N2O. The number of allylic oxidation sites excluding steroid dienone is 6. The number of Topliss-reactive ketones (excluding diaryl/α,β-unsaturated/α-hetero) is 1. The van der Waals surface area contributed by atoms with Crippen molar-refractivity contribution in [3.05, 3.63) is 95.1 Å². The lowest BCUT2D eigenvalue weighted by Crippen LogP contribution is -2.07. The summed E-state index contributed by atoms with van der Waals surface area (Å²) in [6.07, 6.45) is 13.5. The Balaban J connectivity index is 1.60. The Bertz CT molecular complexity index is 907. The maximum absolute atomic E-state index is 12.6. The number of hydrogen-bond donors (Lipinski definition) is 0. The zero-order chi connectivity index (χ0) is 21.5. The molecule has 0 saturated heterocycles. The highest BCUT2D eigenvalue weighted by atomic mass is 16.1. The zero-order valence-electron chi connectivity index (χ0n) is 18.3. The van der Waals surface area contributed by atoms with Crippen molar-refractivity contribution >= 4 is 29.3 Å². The van der Waals surface area contributed by atoms with Crippen LogP contribution < -0.4 is 9.80 Å². The van der Waals surface area contributed by atoms with E-state index in [1.54, 1.807) is 0 Å². The number of anilines is 2. The topological polar surface area (TPSA) is 23.6 Å². The third kappa shape index (κ3) is 5.60. The second-order valence-corrected chi connectivity index (χ2v) is 7.90. The van der Waals surface area contributed by atoms with Crippen LogP contribution in [-0.2, 0) is 4.79 Å². The first-order chi connectivity index (χ1) is 14.4. The quantitative estimate of drug-likeness (QED) is 0.578. The normalized spacial score (nSPS) is 17.0. The van der Waals surface area contributed by atoms with Gasteiger partial charge in [-0.05, 0) is 48.2 Å². The summed E-state index contributed by atoms with van der Waals surface area (Å²) >= 11 is 0. The second-order valence-electron chi connectivity index (χ2n) is 7.90. The molecule has 0 spiro atoms. The SMILES string of the molecule is CN(C)c1ccc(/C=C/C=C2/CC/C(=C/C=C/c3ccc(N(C)C)cc3)C2=O)cc1. The molecule has 0 heterocycles. The second kappa shape index (κ2) is 9.93. The Morgan fingerprint density at radius 3 is 1.33 bits per heavy atom. The molecule has 0 aliphatic heterocycles. The lowest BCUT2D eigenvalue weighted by Gasteiger charge is -2.11. The number of nitrogens with zero attached hydrogens (tertiary/aromatic N) is 2. The molecule has 3 nitrogen and oxygen atoms in total. The summed E-state index contributed by atoms with van der Waals surface area (Å²) in [6.45, 7) is 0. The molecule has 1 aliphatic rings. The molecule has 1 aliphatic carbocycles. The van der Waals surface area contributed by atoms with Crippen LogP contribution in [0.25, 0.3) is 12.2 Å². The van der Waals surface area contributed by atoms with Crippen LogP contribution in [0.2, 0.25) is 0 Å². The molecule has 0 bridgehead atoms. The average Bonchev–Trinajstić information content (AvgIpc) is 3.08. The Morgan fingerprint density at radius 2 is 1.00 bits per heavy atom. The average molecular weight is 399 g/mol. The molecule has 0 N–H and O–H groups in total. The summed E-state index contributed by atoms with van der Waals surface area (Å²) in [4.78, 5) is 16.8. The van der Waals surface area contributed by atoms with Crippen molar-refractivity contribution in [2.45, 2.75) is 12.8 Å². The van der Waals surface area contributed by atoms with Crippen LogP contribution in [0.1, 0.15) is 24.0 Å². The summed E-state index contributed by atoms with van der Waals surface area (Å²) in [7, 11) is 8.12. The van der Waals surface area contributed by atoms with Crippen LogP contribution >= 0.6 is 0 Å². The summed E-state index contributed by atoms with van der Waals surface area (Å²) in [5.41, 5.74) is 6.36. The number of ketones is 1. The molecule has 154 valence electrons. The van der Waals surface area contributed by atoms with Crippen molar-refractivity contribution in [1.82, 2.24) is 0 Å². The van der Waals surface area contributed by atoms with Crippen LogP contribution in [0.15, 0.2) is 84.0 Å². The molecule has 1 saturated carbocycles. The third-order valence-corrected chi connectivity index (χ3v) is 5.24. The van der Waals surface area contributed by atoms with E-state index < -0.39 is 0 Å². The maximum atomic E-state index is 12.6. The van der Waals surface area contributed by atoms with E-state index >= 15 is 0 Å². The summed E-state index contributed by atoms with van der Waals surface area (Å²) in [6, 6.07) is 16.7. The van der Waals surface area contributed by atoms with Gasteiger partial charge in [0.05, 0.1) is 0 Å². The predicted molar refractivity (Wildman–Crippen MR) is 130 cm³/mol. The van der Waals surface area contributed by atoms with E-state index in [-0.39, 0.29) is 5.78 Å². The molecule has 0 amide bonds. The Morgan fingerprint density at radius 1 is 0.633 bits per heavy atom. The Hall–Kier alpha value is -3.33. The molecule has 0 aromatic heterocycles. The van der Waals surface area contributed by atoms with Gasteiger partial charge in [0.1, 0.15) is 0 Å². The van der Waals surface area contributed by atoms with Crippen molar-refractivity contribution in [1.29, 1.82) is 0 Å². The molecule has 2 aromatic carbocycles. The third-order valence-electron chi connectivity index (χ3n) is 5.24. The van der Waals surface area contributed by atoms with Gasteiger partial charge in [0.2, 0.25) is 0 Å². The first-order valence-electron chi connectivity index (χ1n) is 10.3. The van der Waals surface area contributed by atoms with Crippen molar-refractivity contribution < 1.29 is 4.79 Å². The fraction of sp³-hybridized carbons (Fsp3) is 0.222. The van der Waals surface area contributed by atoms with E-state index in [0.29, 0.717) is 0 Å². The molecule has 30 heavy (non-hydrogen) atoms. The van der Waals surface area contributed by atoms with Gasteiger partial charge in [0, 0.05) is 50.7 Å². The number of benzene rings is 2. The zero-order valence-corrected chi connectivity index (χ0v) is 18.3. The van der Waals surface area contributed by atoms with E-state index in [2.05, 4.69) is 58.3 Å². The molecular weight excluding hydrogens is 368 g/mol. The van der Waals surface area contributed by atoms with E-state index in [1.807, 2.05) is 64.6 Å². The summed E-state index contributed by atoms with van der Waals surface area (Å²) in [5.74, 6) is 0.162. The van der Waals surface area contributed by atoms with E-state index in [1.165, 1.54) is 11.4 Å². The standard InChI is InChI=1S/C27H30N2O/c1-28(2)25-17-11-21(12-18-25)7-5-9-23-15-16-24(27(23)30)10-6-8-22-13-19-26(20-14-22)29(3)4/h5-14,17-20H,15-16H2,1-4H3/b7-5+,8-6+,23-9-,24-10-. The molecule has 1 fully saturated rings. The minimum atomic E-state index is 0.162. The highest BCUT2D eigenvalue weighted by Crippen LogP contribution is 2.26. The maximum Gasteiger partial charge on any atom is 0.185 e. The highest BCUT2D eigenvalue weighted by Gasteiger charge is 2.21. The van der Waals surface area contributed by atoms with Crippen LogP contribution in [0, 0.1) is 0 Å². The summed E-state index contributed by atoms with van der Waals surface area (Å²) < 4.78 is 0. The first kappa shape index (κ1) is 21.4. The Labute approximate surface area is 180 Å². The van der Waals surface area contributed by atoms with Crippen molar-refractivity contribution in [2.24, 2.45) is 0 Å². The van der Waals surface area contributed by atoms with Crippen LogP contribution in [0.5, 0.6) is 0 Å². The van der Waals surface area contributed by atoms with Crippen LogP contribution in [0.4, 0.5) is 11.4 Å². The van der Waals surface area contributed by atoms with Crippen molar-refractivity contribution in [3.8, 4) is 0 Å². The monoisotopic (exact) mass is 398 g/mol. The van der Waals surface area contributed by atoms with Crippen LogP contribution in [0.3, 0.4) is 0 Å². The lowest BCUT2D eigenvalue weighted by atomic mass is 10.1. The van der Waals surface area contributed by atoms with E-state index in [9.17, 15) is 4.79 Å². The smallest absolute Gasteiger partial charge is 0.185 e. The molecule has 0 atom stereocenters. The summed E-state index contributed by atoms with van der Waals surface area (Å²) in [5, 5.41) is 0. The van der Waals surface area contributed by atoms with Gasteiger partial charge < -0.3 is 9.80 Å². The fourth-order valence-electron chi connectivity index (χ4n) is 3.34. The number of carbonyl (C=O) groups excluding carboxylic acids is 1. The largest absolute Gasteiger partial charge is 0.378 e. The van der Waals surface area contributed by atoms with Gasteiger partial charge in [-0.3, -0.25) is 4.79 Å². The lowest BCUT2D eigenvalue weighted by molar-refractivity contribution is -0.111. The van der Waals surface area contributed by atoms with Crippen molar-refractivity contribution in [2.75, 3.05) is 38.0 Å². The van der Waals surface area contributed by atoms with E-state index in [4.69, 9.17) is 0 Å². The number of carbonyl (C=O) groups is 1. The highest BCUT2D eigenvalue weighted by molar-refractivity contribution is 6.11. The van der Waals surface area contributed by atoms with Gasteiger partial charge in [-0.25, -0.2) is 0 Å². The van der Waals surface area contributed by atoms with Gasteiger partial charge in [0.25, 0.3) is 0 Å². The molecule has 0 radical (unpaired) electrons. The number of rotatable bonds is 6. The van der Waals surface area contributed by atoms with Gasteiger partial charge >= 0.3 is 0 Å². The molecule has 2 aromatic rings. The van der Waals surface area contributed by atoms with Gasteiger partial charge in [0.15, 0.2) is 5.78 Å². The predicted octanol–water partition coefficient (Wildman–Crippen LogP) is 5.76. The minimum Gasteiger partial charge on any atom is -0.378 e. The number of hydrogen-bond acceptors (Lipinski definition) is 3.